The number of hydrogen-bond donors (Lipinski definition) is 1. The Labute approximate surface area is 129 Å². The summed E-state index contributed by atoms with van der Waals surface area (Å²) in [5, 5.41) is -0.571. The molecule has 100 valence electrons. The number of hydrogen-bond acceptors (Lipinski definition) is 4. The molecule has 1 fully saturated rings. The molecule has 2 rings (SSSR count). The number of benzene rings is 1. The van der Waals surface area contributed by atoms with Gasteiger partial charge in [-0.15, -0.1) is 0 Å². The van der Waals surface area contributed by atoms with Crippen LogP contribution >= 0.6 is 49.3 Å². The first-order valence-corrected chi connectivity index (χ1v) is 6.96. The molecule has 2 unspecified atom stereocenters. The third-order valence-corrected chi connectivity index (χ3v) is 5.26. The first-order valence-electron chi connectivity index (χ1n) is 5.21. The molecule has 0 bridgehead atoms. The lowest BCUT2D eigenvalue weighted by Gasteiger charge is -2.20. The Balaban J connectivity index is 2.58. The van der Waals surface area contributed by atoms with Crippen molar-refractivity contribution in [3.05, 3.63) is 35.4 Å². The molecule has 1 aliphatic carbocycles. The van der Waals surface area contributed by atoms with Gasteiger partial charge in [-0.3, -0.25) is 0 Å². The maximum atomic E-state index is 13.0. The van der Waals surface area contributed by atoms with Crippen LogP contribution in [0.25, 0.3) is 0 Å². The van der Waals surface area contributed by atoms with Crippen LogP contribution in [0.2, 0.25) is 0 Å². The third kappa shape index (κ3) is 2.61. The molecule has 0 heterocycles. The first-order chi connectivity index (χ1) is 8.75. The molecular weight excluding hydrogens is 329 g/mol. The second kappa shape index (κ2) is 5.20. The van der Waals surface area contributed by atoms with Gasteiger partial charge in [-0.05, 0) is 11.6 Å². The first kappa shape index (κ1) is 15.0. The Hall–Kier alpha value is -0.370. The van der Waals surface area contributed by atoms with Crippen LogP contribution in [0.15, 0.2) is 24.3 Å². The van der Waals surface area contributed by atoms with Crippen LogP contribution in [-0.4, -0.2) is 19.8 Å². The van der Waals surface area contributed by atoms with E-state index in [9.17, 15) is 13.2 Å². The van der Waals surface area contributed by atoms with Gasteiger partial charge in [-0.2, -0.15) is 25.8 Å². The maximum absolute atomic E-state index is 13.0. The van der Waals surface area contributed by atoms with E-state index in [0.29, 0.717) is 4.86 Å². The van der Waals surface area contributed by atoms with Gasteiger partial charge in [0.15, 0.2) is 0 Å². The monoisotopic (exact) mass is 336 g/mol. The highest BCUT2D eigenvalue weighted by atomic mass is 32.1. The SMILES string of the molecule is FC(F)(F)c1ccccc1C1C(=S)C(=S)C(=S)C1S. The van der Waals surface area contributed by atoms with Gasteiger partial charge in [-0.25, -0.2) is 0 Å². The van der Waals surface area contributed by atoms with Gasteiger partial charge in [0.05, 0.1) is 15.7 Å². The molecule has 0 radical (unpaired) electrons. The van der Waals surface area contributed by atoms with Crippen LogP contribution in [-0.2, 0) is 6.18 Å². The van der Waals surface area contributed by atoms with Gasteiger partial charge in [0.25, 0.3) is 0 Å². The van der Waals surface area contributed by atoms with Crippen molar-refractivity contribution in [2.75, 3.05) is 0 Å². The standard InChI is InChI=1S/C12H7F3S4/c13-12(14,15)6-4-2-1-3-5(6)7-8(16)10(18)11(19)9(7)17/h1-4,7-8,16H. The Morgan fingerprint density at radius 3 is 2.05 bits per heavy atom. The molecule has 7 heteroatoms. The van der Waals surface area contributed by atoms with E-state index in [-0.39, 0.29) is 15.3 Å². The number of thiocarbonyl (C=S) groups is 3. The van der Waals surface area contributed by atoms with Gasteiger partial charge in [0.2, 0.25) is 0 Å². The molecule has 0 aromatic heterocycles. The Bertz CT molecular complexity index is 577. The van der Waals surface area contributed by atoms with Crippen molar-refractivity contribution in [1.82, 2.24) is 0 Å². The van der Waals surface area contributed by atoms with Gasteiger partial charge >= 0.3 is 6.18 Å². The highest BCUT2D eigenvalue weighted by Gasteiger charge is 2.43. The number of thiol groups is 1. The average molecular weight is 336 g/mol. The zero-order valence-corrected chi connectivity index (χ0v) is 12.6. The fourth-order valence-corrected chi connectivity index (χ4v) is 3.59. The zero-order chi connectivity index (χ0) is 14.4. The predicted octanol–water partition coefficient (Wildman–Crippen LogP) is 4.21. The van der Waals surface area contributed by atoms with E-state index in [1.165, 1.54) is 18.2 Å². The Morgan fingerprint density at radius 2 is 1.58 bits per heavy atom. The summed E-state index contributed by atoms with van der Waals surface area (Å²) in [6.07, 6.45) is -4.44. The summed E-state index contributed by atoms with van der Waals surface area (Å²) in [5.41, 5.74) is -0.629. The van der Waals surface area contributed by atoms with E-state index in [1.807, 2.05) is 0 Å². The van der Waals surface area contributed by atoms with E-state index in [2.05, 4.69) is 12.6 Å². The summed E-state index contributed by atoms with van der Waals surface area (Å²) >= 11 is 19.5. The summed E-state index contributed by atoms with van der Waals surface area (Å²) in [7, 11) is 0. The van der Waals surface area contributed by atoms with Crippen LogP contribution in [0.5, 0.6) is 0 Å². The fourth-order valence-electron chi connectivity index (χ4n) is 2.03. The highest BCUT2D eigenvalue weighted by molar-refractivity contribution is 7.97. The van der Waals surface area contributed by atoms with Crippen LogP contribution in [0.1, 0.15) is 17.0 Å². The molecule has 0 spiro atoms. The lowest BCUT2D eigenvalue weighted by Crippen LogP contribution is -2.19. The van der Waals surface area contributed by atoms with Crippen molar-refractivity contribution in [3.63, 3.8) is 0 Å². The molecule has 0 N–H and O–H groups in total. The Kier molecular flexibility index (Phi) is 4.11. The minimum Gasteiger partial charge on any atom is -0.169 e. The average Bonchev–Trinajstić information content (AvgIpc) is 2.53. The predicted molar refractivity (Wildman–Crippen MR) is 84.8 cm³/mol. The van der Waals surface area contributed by atoms with Crippen molar-refractivity contribution in [2.45, 2.75) is 17.3 Å². The lowest BCUT2D eigenvalue weighted by atomic mass is 9.92. The molecule has 0 amide bonds. The van der Waals surface area contributed by atoms with Gasteiger partial charge < -0.3 is 0 Å². The molecule has 0 saturated heterocycles. The van der Waals surface area contributed by atoms with Crippen molar-refractivity contribution in [3.8, 4) is 0 Å². The largest absolute Gasteiger partial charge is 0.416 e. The van der Waals surface area contributed by atoms with Crippen molar-refractivity contribution >= 4 is 63.9 Å². The van der Waals surface area contributed by atoms with Gasteiger partial charge in [0, 0.05) is 15.6 Å². The topological polar surface area (TPSA) is 0 Å². The smallest absolute Gasteiger partial charge is 0.169 e. The quantitative estimate of drug-likeness (QED) is 0.603. The highest BCUT2D eigenvalue weighted by Crippen LogP contribution is 2.41. The third-order valence-electron chi connectivity index (χ3n) is 2.92. The summed E-state index contributed by atoms with van der Waals surface area (Å²) in [4.78, 5) is 0.911. The minimum atomic E-state index is -4.44. The van der Waals surface area contributed by atoms with Crippen LogP contribution in [0.3, 0.4) is 0 Å². The molecule has 0 nitrogen and oxygen atoms in total. The second-order valence-electron chi connectivity index (χ2n) is 4.07. The number of rotatable bonds is 1. The van der Waals surface area contributed by atoms with Crippen molar-refractivity contribution < 1.29 is 13.2 Å². The minimum absolute atomic E-state index is 0.0854. The van der Waals surface area contributed by atoms with E-state index >= 15 is 0 Å². The van der Waals surface area contributed by atoms with Gasteiger partial charge in [-0.1, -0.05) is 54.9 Å². The molecule has 1 aromatic carbocycles. The summed E-state index contributed by atoms with van der Waals surface area (Å²) < 4.78 is 39.0. The van der Waals surface area contributed by atoms with Crippen LogP contribution in [0, 0.1) is 0 Å². The number of halogens is 3. The molecular formula is C12H7F3S4. The van der Waals surface area contributed by atoms with Crippen molar-refractivity contribution in [2.24, 2.45) is 0 Å². The summed E-state index contributed by atoms with van der Waals surface area (Å²) in [6.45, 7) is 0. The molecule has 19 heavy (non-hydrogen) atoms. The normalized spacial score (nSPS) is 24.1. The van der Waals surface area contributed by atoms with E-state index in [1.54, 1.807) is 0 Å². The second-order valence-corrected chi connectivity index (χ2v) is 5.91. The molecule has 2 atom stereocenters. The molecule has 0 aliphatic heterocycles. The van der Waals surface area contributed by atoms with Crippen LogP contribution < -0.4 is 0 Å². The Morgan fingerprint density at radius 1 is 1.00 bits per heavy atom. The van der Waals surface area contributed by atoms with E-state index in [4.69, 9.17) is 36.7 Å². The number of alkyl halides is 3. The van der Waals surface area contributed by atoms with E-state index < -0.39 is 22.9 Å². The zero-order valence-electron chi connectivity index (χ0n) is 9.27. The van der Waals surface area contributed by atoms with Crippen molar-refractivity contribution in [1.29, 1.82) is 0 Å². The van der Waals surface area contributed by atoms with Gasteiger partial charge in [0.1, 0.15) is 0 Å². The maximum Gasteiger partial charge on any atom is 0.416 e. The fraction of sp³-hybridized carbons (Fsp3) is 0.250. The summed E-state index contributed by atoms with van der Waals surface area (Å²) in [6, 6.07) is 5.31. The lowest BCUT2D eigenvalue weighted by molar-refractivity contribution is -0.138. The van der Waals surface area contributed by atoms with E-state index in [0.717, 1.165) is 6.07 Å². The van der Waals surface area contributed by atoms with Crippen LogP contribution in [0.4, 0.5) is 13.2 Å². The molecule has 1 aromatic rings. The summed E-state index contributed by atoms with van der Waals surface area (Å²) in [5.74, 6) is -0.684. The molecule has 1 saturated carbocycles. The molecule has 1 aliphatic rings.